The monoisotopic (exact) mass is 353 g/mol. The fourth-order valence-corrected chi connectivity index (χ4v) is 3.90. The lowest BCUT2D eigenvalue weighted by Crippen LogP contribution is -2.45. The van der Waals surface area contributed by atoms with Crippen molar-refractivity contribution in [2.45, 2.75) is 25.8 Å². The molecule has 0 bridgehead atoms. The number of amides is 1. The van der Waals surface area contributed by atoms with E-state index in [2.05, 4.69) is 0 Å². The van der Waals surface area contributed by atoms with Gasteiger partial charge in [0.25, 0.3) is 0 Å². The van der Waals surface area contributed by atoms with Crippen molar-refractivity contribution in [3.63, 3.8) is 0 Å². The van der Waals surface area contributed by atoms with Crippen LogP contribution >= 0.6 is 0 Å². The molecule has 0 aromatic heterocycles. The molecule has 0 saturated heterocycles. The second-order valence-corrected chi connectivity index (χ2v) is 8.68. The molecule has 0 fully saturated rings. The van der Waals surface area contributed by atoms with Gasteiger partial charge in [-0.05, 0) is 52.0 Å². The molecule has 1 atom stereocenters. The molecule has 24 heavy (non-hydrogen) atoms. The summed E-state index contributed by atoms with van der Waals surface area (Å²) in [4.78, 5) is 16.5. The molecule has 1 aromatic rings. The van der Waals surface area contributed by atoms with E-state index in [9.17, 15) is 13.2 Å². The molecular weight excluding hydrogens is 326 g/mol. The number of carbonyl (C=O) groups excluding carboxylic acids is 1. The molecule has 7 heteroatoms. The zero-order chi connectivity index (χ0) is 17.9. The molecule has 0 aliphatic carbocycles. The molecule has 2 rings (SSSR count). The van der Waals surface area contributed by atoms with E-state index in [-0.39, 0.29) is 18.5 Å². The third kappa shape index (κ3) is 4.55. The molecule has 1 heterocycles. The fourth-order valence-electron chi connectivity index (χ4n) is 3.10. The molecule has 1 aliphatic rings. The van der Waals surface area contributed by atoms with Gasteiger partial charge in [-0.1, -0.05) is 18.2 Å². The number of hydrogen-bond donors (Lipinski definition) is 0. The summed E-state index contributed by atoms with van der Waals surface area (Å²) in [6.07, 6.45) is 2.66. The summed E-state index contributed by atoms with van der Waals surface area (Å²) in [6.45, 7) is 3.02. The quantitative estimate of drug-likeness (QED) is 0.738. The first-order chi connectivity index (χ1) is 11.2. The number of para-hydroxylation sites is 1. The topological polar surface area (TPSA) is 60.9 Å². The van der Waals surface area contributed by atoms with Gasteiger partial charge in [0.2, 0.25) is 15.9 Å². The Morgan fingerprint density at radius 1 is 1.25 bits per heavy atom. The maximum absolute atomic E-state index is 12.8. The Morgan fingerprint density at radius 3 is 2.54 bits per heavy atom. The van der Waals surface area contributed by atoms with Gasteiger partial charge in [0, 0.05) is 18.3 Å². The second kappa shape index (κ2) is 7.63. The SMILES string of the molecule is CC1Cc2ccccc2N1C(=O)CN(CCCN(C)C)S(C)(=O)=O. The summed E-state index contributed by atoms with van der Waals surface area (Å²) in [5.74, 6) is -0.164. The van der Waals surface area contributed by atoms with Crippen LogP contribution < -0.4 is 4.90 Å². The lowest BCUT2D eigenvalue weighted by atomic mass is 10.1. The summed E-state index contributed by atoms with van der Waals surface area (Å²) < 4.78 is 25.3. The molecular formula is C17H27N3O3S. The predicted octanol–water partition coefficient (Wildman–Crippen LogP) is 1.18. The number of anilines is 1. The maximum atomic E-state index is 12.8. The number of hydrogen-bond acceptors (Lipinski definition) is 4. The summed E-state index contributed by atoms with van der Waals surface area (Å²) >= 11 is 0. The van der Waals surface area contributed by atoms with E-state index in [1.54, 1.807) is 4.90 Å². The van der Waals surface area contributed by atoms with Crippen LogP contribution in [0.15, 0.2) is 24.3 Å². The fraction of sp³-hybridized carbons (Fsp3) is 0.588. The highest BCUT2D eigenvalue weighted by atomic mass is 32.2. The number of nitrogens with zero attached hydrogens (tertiary/aromatic N) is 3. The largest absolute Gasteiger partial charge is 0.309 e. The molecule has 1 amide bonds. The number of benzene rings is 1. The number of sulfonamides is 1. The van der Waals surface area contributed by atoms with Crippen molar-refractivity contribution in [1.82, 2.24) is 9.21 Å². The summed E-state index contributed by atoms with van der Waals surface area (Å²) in [6, 6.07) is 7.86. The van der Waals surface area contributed by atoms with Gasteiger partial charge >= 0.3 is 0 Å². The van der Waals surface area contributed by atoms with Crippen molar-refractivity contribution >= 4 is 21.6 Å². The highest BCUT2D eigenvalue weighted by Gasteiger charge is 2.32. The molecule has 1 aliphatic heterocycles. The van der Waals surface area contributed by atoms with Gasteiger partial charge in [-0.25, -0.2) is 8.42 Å². The molecule has 0 saturated carbocycles. The Morgan fingerprint density at radius 2 is 1.92 bits per heavy atom. The molecule has 1 unspecified atom stereocenters. The van der Waals surface area contributed by atoms with Gasteiger partial charge in [0.05, 0.1) is 12.8 Å². The van der Waals surface area contributed by atoms with Crippen LogP contribution in [0.1, 0.15) is 18.9 Å². The average Bonchev–Trinajstić information content (AvgIpc) is 2.80. The van der Waals surface area contributed by atoms with E-state index < -0.39 is 10.0 Å². The molecule has 134 valence electrons. The van der Waals surface area contributed by atoms with Gasteiger partial charge in [0.15, 0.2) is 0 Å². The Labute approximate surface area is 145 Å². The normalized spacial score (nSPS) is 17.6. The Kier molecular flexibility index (Phi) is 6.01. The first-order valence-corrected chi connectivity index (χ1v) is 10.0. The minimum atomic E-state index is -3.42. The minimum Gasteiger partial charge on any atom is -0.309 e. The van der Waals surface area contributed by atoms with E-state index in [1.807, 2.05) is 50.2 Å². The van der Waals surface area contributed by atoms with Crippen molar-refractivity contribution in [1.29, 1.82) is 0 Å². The van der Waals surface area contributed by atoms with E-state index in [0.717, 1.165) is 30.5 Å². The van der Waals surface area contributed by atoms with E-state index in [1.165, 1.54) is 4.31 Å². The highest BCUT2D eigenvalue weighted by molar-refractivity contribution is 7.88. The first-order valence-electron chi connectivity index (χ1n) is 8.20. The van der Waals surface area contributed by atoms with E-state index in [0.29, 0.717) is 13.0 Å². The van der Waals surface area contributed by atoms with Gasteiger partial charge in [-0.3, -0.25) is 4.79 Å². The zero-order valence-electron chi connectivity index (χ0n) is 14.9. The van der Waals surface area contributed by atoms with Crippen molar-refractivity contribution in [3.05, 3.63) is 29.8 Å². The minimum absolute atomic E-state index is 0.0538. The van der Waals surface area contributed by atoms with Gasteiger partial charge in [-0.15, -0.1) is 0 Å². The van der Waals surface area contributed by atoms with Crippen LogP contribution in [0.5, 0.6) is 0 Å². The number of carbonyl (C=O) groups is 1. The molecule has 0 spiro atoms. The van der Waals surface area contributed by atoms with Crippen molar-refractivity contribution in [3.8, 4) is 0 Å². The van der Waals surface area contributed by atoms with E-state index in [4.69, 9.17) is 0 Å². The molecule has 0 N–H and O–H groups in total. The molecule has 1 aromatic carbocycles. The van der Waals surface area contributed by atoms with Gasteiger partial charge in [-0.2, -0.15) is 4.31 Å². The number of fused-ring (bicyclic) bond motifs is 1. The van der Waals surface area contributed by atoms with Crippen LogP contribution in [0.3, 0.4) is 0 Å². The first kappa shape index (κ1) is 18.9. The van der Waals surface area contributed by atoms with Crippen LogP contribution in [-0.2, 0) is 21.2 Å². The van der Waals surface area contributed by atoms with Gasteiger partial charge < -0.3 is 9.80 Å². The van der Waals surface area contributed by atoms with Crippen LogP contribution in [0.2, 0.25) is 0 Å². The van der Waals surface area contributed by atoms with Gasteiger partial charge in [0.1, 0.15) is 0 Å². The summed E-state index contributed by atoms with van der Waals surface area (Å²) in [7, 11) is 0.471. The van der Waals surface area contributed by atoms with Crippen LogP contribution in [-0.4, -0.2) is 69.6 Å². The zero-order valence-corrected chi connectivity index (χ0v) is 15.7. The third-order valence-corrected chi connectivity index (χ3v) is 5.52. The lowest BCUT2D eigenvalue weighted by molar-refractivity contribution is -0.119. The summed E-state index contributed by atoms with van der Waals surface area (Å²) in [5.41, 5.74) is 2.04. The lowest BCUT2D eigenvalue weighted by Gasteiger charge is -2.27. The van der Waals surface area contributed by atoms with Crippen molar-refractivity contribution in [2.75, 3.05) is 44.9 Å². The Bertz CT molecular complexity index is 688. The standard InChI is InChI=1S/C17H27N3O3S/c1-14-12-15-8-5-6-9-16(15)20(14)17(21)13-19(24(4,22)23)11-7-10-18(2)3/h5-6,8-9,14H,7,10-13H2,1-4H3. The van der Waals surface area contributed by atoms with E-state index >= 15 is 0 Å². The van der Waals surface area contributed by atoms with Crippen LogP contribution in [0, 0.1) is 0 Å². The Hall–Kier alpha value is -1.44. The van der Waals surface area contributed by atoms with Crippen molar-refractivity contribution in [2.24, 2.45) is 0 Å². The smallest absolute Gasteiger partial charge is 0.242 e. The average molecular weight is 353 g/mol. The molecule has 0 radical (unpaired) electrons. The third-order valence-electron chi connectivity index (χ3n) is 4.27. The van der Waals surface area contributed by atoms with Crippen LogP contribution in [0.4, 0.5) is 5.69 Å². The maximum Gasteiger partial charge on any atom is 0.242 e. The van der Waals surface area contributed by atoms with Crippen molar-refractivity contribution < 1.29 is 13.2 Å². The second-order valence-electron chi connectivity index (χ2n) is 6.70. The predicted molar refractivity (Wildman–Crippen MR) is 96.7 cm³/mol. The highest BCUT2D eigenvalue weighted by Crippen LogP contribution is 2.31. The molecule has 6 nitrogen and oxygen atoms in total. The number of rotatable bonds is 7. The summed E-state index contributed by atoms with van der Waals surface area (Å²) in [5, 5.41) is 0. The Balaban J connectivity index is 2.10. The van der Waals surface area contributed by atoms with Crippen LogP contribution in [0.25, 0.3) is 0 Å².